The van der Waals surface area contributed by atoms with Crippen LogP contribution in [0.25, 0.3) is 0 Å². The normalized spacial score (nSPS) is 10.6. The molecule has 0 fully saturated rings. The van der Waals surface area contributed by atoms with Gasteiger partial charge in [0.2, 0.25) is 0 Å². The number of carbonyl (C=O) groups is 1. The maximum atomic E-state index is 12.2. The molecule has 1 heterocycles. The van der Waals surface area contributed by atoms with E-state index in [-0.39, 0.29) is 5.91 Å². The van der Waals surface area contributed by atoms with Crippen LogP contribution >= 0.6 is 11.8 Å². The van der Waals surface area contributed by atoms with Gasteiger partial charge in [-0.3, -0.25) is 4.79 Å². The zero-order chi connectivity index (χ0) is 17.3. The molecule has 25 heavy (non-hydrogen) atoms. The fourth-order valence-electron chi connectivity index (χ4n) is 2.35. The summed E-state index contributed by atoms with van der Waals surface area (Å²) in [4.78, 5) is 17.3. The molecule has 1 amide bonds. The summed E-state index contributed by atoms with van der Waals surface area (Å²) in [5.74, 6) is 0.957. The molecule has 0 saturated heterocycles. The molecule has 0 aliphatic carbocycles. The summed E-state index contributed by atoms with van der Waals surface area (Å²) in [7, 11) is 0. The van der Waals surface area contributed by atoms with E-state index in [2.05, 4.69) is 27.5 Å². The second-order valence-corrected chi connectivity index (χ2v) is 6.73. The molecule has 3 rings (SSSR count). The molecule has 6 heteroatoms. The van der Waals surface area contributed by atoms with Crippen LogP contribution in [-0.4, -0.2) is 33.0 Å². The van der Waals surface area contributed by atoms with Gasteiger partial charge in [0.1, 0.15) is 12.7 Å². The Hall–Kier alpha value is -2.60. The number of thioether (sulfide) groups is 1. The highest BCUT2D eigenvalue weighted by Crippen LogP contribution is 2.17. The molecule has 0 saturated carbocycles. The highest BCUT2D eigenvalue weighted by Gasteiger charge is 2.05. The van der Waals surface area contributed by atoms with Gasteiger partial charge in [0, 0.05) is 17.0 Å². The topological polar surface area (TPSA) is 59.8 Å². The predicted molar refractivity (Wildman–Crippen MR) is 99.7 cm³/mol. The number of hydrogen-bond donors (Lipinski definition) is 1. The second-order valence-electron chi connectivity index (χ2n) is 5.56. The first-order valence-corrected chi connectivity index (χ1v) is 9.17. The summed E-state index contributed by atoms with van der Waals surface area (Å²) < 4.78 is 1.75. The van der Waals surface area contributed by atoms with E-state index < -0.39 is 0 Å². The van der Waals surface area contributed by atoms with Gasteiger partial charge >= 0.3 is 0 Å². The minimum Gasteiger partial charge on any atom is -0.352 e. The van der Waals surface area contributed by atoms with E-state index in [0.717, 1.165) is 17.7 Å². The van der Waals surface area contributed by atoms with Crippen molar-refractivity contribution in [1.29, 1.82) is 0 Å². The van der Waals surface area contributed by atoms with Crippen molar-refractivity contribution in [1.82, 2.24) is 20.1 Å². The number of carbonyl (C=O) groups excluding carboxylic acids is 1. The lowest BCUT2D eigenvalue weighted by atomic mass is 10.1. The Labute approximate surface area is 151 Å². The third-order valence-corrected chi connectivity index (χ3v) is 4.74. The molecule has 5 nitrogen and oxygen atoms in total. The zero-order valence-electron chi connectivity index (χ0n) is 13.8. The van der Waals surface area contributed by atoms with E-state index in [9.17, 15) is 4.79 Å². The predicted octanol–water partition coefficient (Wildman–Crippen LogP) is 3.24. The molecule has 0 atom stereocenters. The SMILES string of the molecule is O=C(NCCCSc1ccccc1)c1ccc(Cn2cncn2)cc1. The average molecular weight is 352 g/mol. The molecule has 0 spiro atoms. The van der Waals surface area contributed by atoms with Crippen LogP contribution < -0.4 is 5.32 Å². The van der Waals surface area contributed by atoms with Crippen LogP contribution in [0.3, 0.4) is 0 Å². The number of aromatic nitrogens is 3. The van der Waals surface area contributed by atoms with Crippen LogP contribution in [0.5, 0.6) is 0 Å². The molecule has 0 radical (unpaired) electrons. The summed E-state index contributed by atoms with van der Waals surface area (Å²) in [6.07, 6.45) is 4.13. The average Bonchev–Trinajstić information content (AvgIpc) is 3.16. The first-order chi connectivity index (χ1) is 12.3. The van der Waals surface area contributed by atoms with E-state index >= 15 is 0 Å². The van der Waals surface area contributed by atoms with Gasteiger partial charge in [0.15, 0.2) is 0 Å². The molecule has 1 aromatic heterocycles. The number of nitrogens with zero attached hydrogens (tertiary/aromatic N) is 3. The van der Waals surface area contributed by atoms with Gasteiger partial charge in [0.25, 0.3) is 5.91 Å². The fourth-order valence-corrected chi connectivity index (χ4v) is 3.22. The molecule has 2 aromatic carbocycles. The molecular weight excluding hydrogens is 332 g/mol. The third kappa shape index (κ3) is 5.46. The van der Waals surface area contributed by atoms with Crippen molar-refractivity contribution < 1.29 is 4.79 Å². The van der Waals surface area contributed by atoms with Crippen LogP contribution in [0.1, 0.15) is 22.3 Å². The van der Waals surface area contributed by atoms with E-state index in [4.69, 9.17) is 0 Å². The second kappa shape index (κ2) is 9.03. The van der Waals surface area contributed by atoms with E-state index in [0.29, 0.717) is 18.7 Å². The molecule has 3 aromatic rings. The first kappa shape index (κ1) is 17.2. The lowest BCUT2D eigenvalue weighted by molar-refractivity contribution is 0.0954. The fraction of sp³-hybridized carbons (Fsp3) is 0.211. The third-order valence-electron chi connectivity index (χ3n) is 3.65. The standard InChI is InChI=1S/C19H20N4OS/c24-19(21-11-4-12-25-18-5-2-1-3-6-18)17-9-7-16(8-10-17)13-23-15-20-14-22-23/h1-3,5-10,14-15H,4,11-13H2,(H,21,24). The van der Waals surface area contributed by atoms with Crippen LogP contribution in [0, 0.1) is 0 Å². The van der Waals surface area contributed by atoms with E-state index in [1.165, 1.54) is 11.2 Å². The van der Waals surface area contributed by atoms with Gasteiger partial charge in [-0.25, -0.2) is 9.67 Å². The van der Waals surface area contributed by atoms with Crippen molar-refractivity contribution in [3.63, 3.8) is 0 Å². The molecule has 0 aliphatic heterocycles. The van der Waals surface area contributed by atoms with Crippen LogP contribution in [0.2, 0.25) is 0 Å². The first-order valence-electron chi connectivity index (χ1n) is 8.19. The molecular formula is C19H20N4OS. The van der Waals surface area contributed by atoms with E-state index in [1.807, 2.05) is 42.5 Å². The minimum absolute atomic E-state index is 0.0305. The highest BCUT2D eigenvalue weighted by atomic mass is 32.2. The van der Waals surface area contributed by atoms with Crippen LogP contribution in [0.4, 0.5) is 0 Å². The summed E-state index contributed by atoms with van der Waals surface area (Å²) in [5, 5.41) is 7.04. The van der Waals surface area contributed by atoms with Gasteiger partial charge in [-0.1, -0.05) is 30.3 Å². The molecule has 0 unspecified atom stereocenters. The molecule has 128 valence electrons. The van der Waals surface area contributed by atoms with Gasteiger partial charge in [0.05, 0.1) is 6.54 Å². The number of benzene rings is 2. The number of rotatable bonds is 8. The molecule has 0 bridgehead atoms. The smallest absolute Gasteiger partial charge is 0.251 e. The van der Waals surface area contributed by atoms with Gasteiger partial charge in [-0.2, -0.15) is 5.10 Å². The monoisotopic (exact) mass is 352 g/mol. The summed E-state index contributed by atoms with van der Waals surface area (Å²) in [6, 6.07) is 17.9. The lowest BCUT2D eigenvalue weighted by Gasteiger charge is -2.07. The Morgan fingerprint density at radius 2 is 1.88 bits per heavy atom. The van der Waals surface area contributed by atoms with Crippen molar-refractivity contribution in [2.75, 3.05) is 12.3 Å². The highest BCUT2D eigenvalue weighted by molar-refractivity contribution is 7.99. The summed E-state index contributed by atoms with van der Waals surface area (Å²) >= 11 is 1.81. The van der Waals surface area contributed by atoms with Crippen molar-refractivity contribution >= 4 is 17.7 Å². The molecule has 1 N–H and O–H groups in total. The van der Waals surface area contributed by atoms with Crippen molar-refractivity contribution in [3.05, 3.63) is 78.4 Å². The van der Waals surface area contributed by atoms with Crippen molar-refractivity contribution in [2.45, 2.75) is 17.9 Å². The van der Waals surface area contributed by atoms with Gasteiger partial charge < -0.3 is 5.32 Å². The maximum absolute atomic E-state index is 12.2. The molecule has 0 aliphatic rings. The largest absolute Gasteiger partial charge is 0.352 e. The minimum atomic E-state index is -0.0305. The zero-order valence-corrected chi connectivity index (χ0v) is 14.7. The van der Waals surface area contributed by atoms with Gasteiger partial charge in [-0.15, -0.1) is 11.8 Å². The Morgan fingerprint density at radius 3 is 2.60 bits per heavy atom. The summed E-state index contributed by atoms with van der Waals surface area (Å²) in [5.41, 5.74) is 1.76. The van der Waals surface area contributed by atoms with E-state index in [1.54, 1.807) is 22.8 Å². The Kier molecular flexibility index (Phi) is 6.23. The van der Waals surface area contributed by atoms with Crippen molar-refractivity contribution in [3.8, 4) is 0 Å². The quantitative estimate of drug-likeness (QED) is 0.499. The van der Waals surface area contributed by atoms with Gasteiger partial charge in [-0.05, 0) is 42.0 Å². The Balaban J connectivity index is 1.39. The number of amides is 1. The van der Waals surface area contributed by atoms with Crippen molar-refractivity contribution in [2.24, 2.45) is 0 Å². The number of nitrogens with one attached hydrogen (secondary N) is 1. The van der Waals surface area contributed by atoms with Crippen LogP contribution in [-0.2, 0) is 6.54 Å². The number of hydrogen-bond acceptors (Lipinski definition) is 4. The summed E-state index contributed by atoms with van der Waals surface area (Å²) in [6.45, 7) is 1.33. The Bertz CT molecular complexity index is 773. The maximum Gasteiger partial charge on any atom is 0.251 e. The lowest BCUT2D eigenvalue weighted by Crippen LogP contribution is -2.24. The Morgan fingerprint density at radius 1 is 1.08 bits per heavy atom. The van der Waals surface area contributed by atoms with Crippen LogP contribution in [0.15, 0.2) is 72.1 Å².